The van der Waals surface area contributed by atoms with Crippen LogP contribution in [0.5, 0.6) is 0 Å². The monoisotopic (exact) mass is 340 g/mol. The Balaban J connectivity index is 0.000000351. The predicted molar refractivity (Wildman–Crippen MR) is 80.8 cm³/mol. The van der Waals surface area contributed by atoms with Gasteiger partial charge in [0.05, 0.1) is 12.3 Å². The van der Waals surface area contributed by atoms with Crippen molar-refractivity contribution in [1.82, 2.24) is 10.3 Å². The number of rotatable bonds is 5. The molecule has 2 N–H and O–H groups in total. The summed E-state index contributed by atoms with van der Waals surface area (Å²) in [6.07, 6.45) is 4.75. The highest BCUT2D eigenvalue weighted by atomic mass is 16.6. The molecule has 2 amide bonds. The van der Waals surface area contributed by atoms with E-state index in [4.69, 9.17) is 9.52 Å². The van der Waals surface area contributed by atoms with Crippen molar-refractivity contribution in [2.45, 2.75) is 13.3 Å². The number of nitro groups is 1. The van der Waals surface area contributed by atoms with Crippen molar-refractivity contribution in [1.29, 1.82) is 0 Å². The molecule has 130 valence electrons. The molecule has 0 bridgehead atoms. The number of carbonyl (C=O) groups excluding carboxylic acids is 2. The first-order valence-corrected chi connectivity index (χ1v) is 6.76. The van der Waals surface area contributed by atoms with Gasteiger partial charge in [0.15, 0.2) is 12.6 Å². The summed E-state index contributed by atoms with van der Waals surface area (Å²) in [5, 5.41) is 25.7. The molecule has 1 aliphatic rings. The molecule has 0 saturated carbocycles. The van der Waals surface area contributed by atoms with Crippen molar-refractivity contribution in [3.8, 4) is 0 Å². The zero-order chi connectivity index (χ0) is 17.9. The number of hydrazone groups is 1. The van der Waals surface area contributed by atoms with E-state index < -0.39 is 11.7 Å². The van der Waals surface area contributed by atoms with Gasteiger partial charge in [-0.3, -0.25) is 14.9 Å². The van der Waals surface area contributed by atoms with Crippen molar-refractivity contribution in [2.24, 2.45) is 5.10 Å². The van der Waals surface area contributed by atoms with E-state index in [1.54, 1.807) is 13.0 Å². The van der Waals surface area contributed by atoms with E-state index >= 15 is 0 Å². The van der Waals surface area contributed by atoms with Crippen molar-refractivity contribution in [2.75, 3.05) is 13.3 Å². The Kier molecular flexibility index (Phi) is 7.64. The Morgan fingerprint density at radius 3 is 2.88 bits per heavy atom. The Labute approximate surface area is 136 Å². The standard InChI is InChI=1S/C9H8N4O4.C4H8O3/c14-9-10-4-1-5-12(9)11-6-7-2-3-8(17-7)13(15)16;1-2-4(6)7-3-5/h1-3,5-6H,4H2,(H,10,14);5H,2-3H2,1H3. The number of furan rings is 1. The Morgan fingerprint density at radius 2 is 2.38 bits per heavy atom. The minimum atomic E-state index is -0.648. The number of esters is 1. The molecular weight excluding hydrogens is 324 g/mol. The van der Waals surface area contributed by atoms with Gasteiger partial charge in [-0.05, 0) is 12.1 Å². The molecule has 1 aliphatic heterocycles. The molecule has 0 fully saturated rings. The van der Waals surface area contributed by atoms with E-state index in [0.717, 1.165) is 5.01 Å². The summed E-state index contributed by atoms with van der Waals surface area (Å²) in [6.45, 7) is 1.61. The van der Waals surface area contributed by atoms with Gasteiger partial charge in [0.1, 0.15) is 4.92 Å². The van der Waals surface area contributed by atoms with Crippen molar-refractivity contribution < 1.29 is 28.8 Å². The Hall–Kier alpha value is -3.21. The molecule has 0 saturated heterocycles. The van der Waals surface area contributed by atoms with Crippen LogP contribution in [0.3, 0.4) is 0 Å². The first-order chi connectivity index (χ1) is 11.5. The topological polar surface area (TPSA) is 148 Å². The average Bonchev–Trinajstić information content (AvgIpc) is 3.04. The third-order valence-corrected chi connectivity index (χ3v) is 2.44. The summed E-state index contributed by atoms with van der Waals surface area (Å²) in [5.74, 6) is -0.545. The molecule has 2 heterocycles. The van der Waals surface area contributed by atoms with Crippen LogP contribution in [0.25, 0.3) is 0 Å². The number of nitrogens with zero attached hydrogens (tertiary/aromatic N) is 3. The van der Waals surface area contributed by atoms with Gasteiger partial charge in [-0.1, -0.05) is 6.92 Å². The summed E-state index contributed by atoms with van der Waals surface area (Å²) in [7, 11) is 0. The normalized spacial score (nSPS) is 13.2. The van der Waals surface area contributed by atoms with Crippen LogP contribution in [0.4, 0.5) is 10.7 Å². The molecule has 1 aromatic rings. The molecule has 0 aliphatic carbocycles. The number of ether oxygens (including phenoxy) is 1. The van der Waals surface area contributed by atoms with Crippen molar-refractivity contribution in [3.05, 3.63) is 40.3 Å². The minimum absolute atomic E-state index is 0.198. The van der Waals surface area contributed by atoms with Gasteiger partial charge in [0, 0.05) is 19.2 Å². The van der Waals surface area contributed by atoms with Crippen LogP contribution < -0.4 is 5.32 Å². The number of aliphatic hydroxyl groups excluding tert-OH is 1. The van der Waals surface area contributed by atoms with Crippen LogP contribution in [0.1, 0.15) is 19.1 Å². The highest BCUT2D eigenvalue weighted by molar-refractivity contribution is 5.81. The largest absolute Gasteiger partial charge is 0.439 e. The summed E-state index contributed by atoms with van der Waals surface area (Å²) in [6, 6.07) is 2.24. The molecule has 11 heteroatoms. The fourth-order valence-electron chi connectivity index (χ4n) is 1.34. The number of hydrogen-bond donors (Lipinski definition) is 2. The van der Waals surface area contributed by atoms with Gasteiger partial charge in [-0.25, -0.2) is 4.79 Å². The fourth-order valence-corrected chi connectivity index (χ4v) is 1.34. The highest BCUT2D eigenvalue weighted by Gasteiger charge is 2.13. The van der Waals surface area contributed by atoms with Crippen LogP contribution in [0, 0.1) is 10.1 Å². The zero-order valence-electron chi connectivity index (χ0n) is 12.7. The van der Waals surface area contributed by atoms with Gasteiger partial charge < -0.3 is 19.6 Å². The molecular formula is C13H16N4O7. The van der Waals surface area contributed by atoms with Crippen LogP contribution >= 0.6 is 0 Å². The Bertz CT molecular complexity index is 638. The number of amides is 2. The van der Waals surface area contributed by atoms with Crippen molar-refractivity contribution >= 4 is 24.1 Å². The molecule has 0 unspecified atom stereocenters. The lowest BCUT2D eigenvalue weighted by Crippen LogP contribution is -2.36. The van der Waals surface area contributed by atoms with Crippen LogP contribution in [-0.4, -0.2) is 46.6 Å². The van der Waals surface area contributed by atoms with Crippen LogP contribution in [0.2, 0.25) is 0 Å². The molecule has 24 heavy (non-hydrogen) atoms. The molecule has 1 aromatic heterocycles. The first kappa shape index (κ1) is 18.8. The zero-order valence-corrected chi connectivity index (χ0v) is 12.7. The van der Waals surface area contributed by atoms with Crippen molar-refractivity contribution in [3.63, 3.8) is 0 Å². The van der Waals surface area contributed by atoms with Crippen LogP contribution in [0.15, 0.2) is 33.9 Å². The van der Waals surface area contributed by atoms with Gasteiger partial charge in [-0.15, -0.1) is 0 Å². The molecule has 11 nitrogen and oxygen atoms in total. The minimum Gasteiger partial charge on any atom is -0.439 e. The number of nitrogens with one attached hydrogen (secondary N) is 1. The fraction of sp³-hybridized carbons (Fsp3) is 0.308. The van der Waals surface area contributed by atoms with E-state index in [1.807, 2.05) is 0 Å². The Morgan fingerprint density at radius 1 is 1.62 bits per heavy atom. The molecule has 2 rings (SSSR count). The second-order valence-corrected chi connectivity index (χ2v) is 4.09. The lowest BCUT2D eigenvalue weighted by atomic mass is 10.5. The highest BCUT2D eigenvalue weighted by Crippen LogP contribution is 2.14. The number of aliphatic hydroxyl groups is 1. The second-order valence-electron chi connectivity index (χ2n) is 4.09. The van der Waals surface area contributed by atoms with E-state index in [1.165, 1.54) is 24.5 Å². The van der Waals surface area contributed by atoms with E-state index in [-0.39, 0.29) is 23.6 Å². The van der Waals surface area contributed by atoms with E-state index in [9.17, 15) is 19.7 Å². The van der Waals surface area contributed by atoms with E-state index in [0.29, 0.717) is 13.0 Å². The first-order valence-electron chi connectivity index (χ1n) is 6.76. The maximum Gasteiger partial charge on any atom is 0.433 e. The SMILES string of the molecule is CCC(=O)OCO.O=C1NCC=CN1N=Cc1ccc([N+](=O)[O-])o1. The molecule has 0 radical (unpaired) electrons. The third-order valence-electron chi connectivity index (χ3n) is 2.44. The maximum atomic E-state index is 11.2. The van der Waals surface area contributed by atoms with Gasteiger partial charge in [0.2, 0.25) is 0 Å². The van der Waals surface area contributed by atoms with Gasteiger partial charge in [-0.2, -0.15) is 10.1 Å². The van der Waals surface area contributed by atoms with Gasteiger partial charge >= 0.3 is 17.9 Å². The van der Waals surface area contributed by atoms with E-state index in [2.05, 4.69) is 15.2 Å². The predicted octanol–water partition coefficient (Wildman–Crippen LogP) is 0.950. The lowest BCUT2D eigenvalue weighted by Gasteiger charge is -2.15. The van der Waals surface area contributed by atoms with Crippen LogP contribution in [-0.2, 0) is 9.53 Å². The number of hydrogen-bond acceptors (Lipinski definition) is 8. The number of urea groups is 1. The third kappa shape index (κ3) is 6.27. The molecule has 0 aromatic carbocycles. The summed E-state index contributed by atoms with van der Waals surface area (Å²) in [4.78, 5) is 31.0. The lowest BCUT2D eigenvalue weighted by molar-refractivity contribution is -0.402. The molecule has 0 atom stereocenters. The maximum absolute atomic E-state index is 11.2. The quantitative estimate of drug-likeness (QED) is 0.266. The smallest absolute Gasteiger partial charge is 0.433 e. The molecule has 0 spiro atoms. The summed E-state index contributed by atoms with van der Waals surface area (Å²) >= 11 is 0. The summed E-state index contributed by atoms with van der Waals surface area (Å²) in [5.41, 5.74) is 0. The summed E-state index contributed by atoms with van der Waals surface area (Å²) < 4.78 is 8.95. The average molecular weight is 340 g/mol. The number of carbonyl (C=O) groups is 2. The van der Waals surface area contributed by atoms with Gasteiger partial charge in [0.25, 0.3) is 0 Å². The second kappa shape index (κ2) is 9.74.